The minimum absolute atomic E-state index is 0.734. The van der Waals surface area contributed by atoms with Crippen molar-refractivity contribution in [3.05, 3.63) is 11.3 Å². The maximum atomic E-state index is 6.19. The van der Waals surface area contributed by atoms with Crippen molar-refractivity contribution < 1.29 is 4.74 Å². The summed E-state index contributed by atoms with van der Waals surface area (Å²) in [4.78, 5) is 0. The van der Waals surface area contributed by atoms with Gasteiger partial charge in [-0.1, -0.05) is 46.0 Å². The van der Waals surface area contributed by atoms with E-state index in [-0.39, 0.29) is 0 Å². The Kier molecular flexibility index (Phi) is 6.26. The van der Waals surface area contributed by atoms with Crippen LogP contribution in [0.15, 0.2) is 11.3 Å². The van der Waals surface area contributed by atoms with Crippen molar-refractivity contribution in [2.24, 2.45) is 11.8 Å². The summed E-state index contributed by atoms with van der Waals surface area (Å²) in [6.07, 6.45) is 14.9. The van der Waals surface area contributed by atoms with Crippen LogP contribution in [0, 0.1) is 11.8 Å². The lowest BCUT2D eigenvalue weighted by molar-refractivity contribution is 0.140. The highest BCUT2D eigenvalue weighted by Gasteiger charge is 2.27. The number of ether oxygens (including phenoxy) is 1. The van der Waals surface area contributed by atoms with Crippen LogP contribution in [0.1, 0.15) is 84.5 Å². The van der Waals surface area contributed by atoms with Crippen molar-refractivity contribution in [2.45, 2.75) is 84.5 Å². The number of hydrogen-bond acceptors (Lipinski definition) is 1. The first-order valence-electron chi connectivity index (χ1n) is 8.72. The first kappa shape index (κ1) is 14.9. The fourth-order valence-electron chi connectivity index (χ4n) is 4.00. The van der Waals surface area contributed by atoms with Crippen LogP contribution in [0.25, 0.3) is 0 Å². The van der Waals surface area contributed by atoms with Gasteiger partial charge >= 0.3 is 0 Å². The zero-order valence-corrected chi connectivity index (χ0v) is 13.0. The molecule has 0 aromatic rings. The molecule has 0 radical (unpaired) electrons. The summed E-state index contributed by atoms with van der Waals surface area (Å²) in [6.45, 7) is 5.62. The van der Waals surface area contributed by atoms with Gasteiger partial charge in [0, 0.05) is 5.92 Å². The average Bonchev–Trinajstić information content (AvgIpc) is 2.51. The van der Waals surface area contributed by atoms with E-state index in [0.29, 0.717) is 0 Å². The molecule has 0 amide bonds. The summed E-state index contributed by atoms with van der Waals surface area (Å²) in [5.41, 5.74) is 1.73. The molecule has 0 saturated carbocycles. The molecule has 0 fully saturated rings. The van der Waals surface area contributed by atoms with Crippen molar-refractivity contribution in [2.75, 3.05) is 6.61 Å². The van der Waals surface area contributed by atoms with Crippen molar-refractivity contribution >= 4 is 0 Å². The Morgan fingerprint density at radius 1 is 0.895 bits per heavy atom. The van der Waals surface area contributed by atoms with Gasteiger partial charge in [0.05, 0.1) is 12.4 Å². The van der Waals surface area contributed by atoms with Gasteiger partial charge in [-0.05, 0) is 50.0 Å². The van der Waals surface area contributed by atoms with Crippen molar-refractivity contribution in [1.82, 2.24) is 0 Å². The Morgan fingerprint density at radius 2 is 1.58 bits per heavy atom. The molecule has 0 spiro atoms. The van der Waals surface area contributed by atoms with Gasteiger partial charge in [0.15, 0.2) is 0 Å². The molecule has 2 unspecified atom stereocenters. The molecular formula is C18H32O. The van der Waals surface area contributed by atoms with Crippen LogP contribution >= 0.6 is 0 Å². The molecule has 0 bridgehead atoms. The number of allylic oxidation sites excluding steroid dienone is 2. The fraction of sp³-hybridized carbons (Fsp3) is 0.889. The molecule has 2 aliphatic rings. The van der Waals surface area contributed by atoms with Crippen LogP contribution < -0.4 is 0 Å². The van der Waals surface area contributed by atoms with Crippen LogP contribution in [0.3, 0.4) is 0 Å². The molecule has 1 aliphatic carbocycles. The van der Waals surface area contributed by atoms with Gasteiger partial charge in [0.25, 0.3) is 0 Å². The molecule has 2 rings (SSSR count). The molecule has 0 aromatic carbocycles. The van der Waals surface area contributed by atoms with Crippen LogP contribution in [0.4, 0.5) is 0 Å². The van der Waals surface area contributed by atoms with Gasteiger partial charge in [-0.25, -0.2) is 0 Å². The Labute approximate surface area is 119 Å². The van der Waals surface area contributed by atoms with Gasteiger partial charge < -0.3 is 4.74 Å². The zero-order chi connectivity index (χ0) is 13.5. The fourth-order valence-corrected chi connectivity index (χ4v) is 4.00. The lowest BCUT2D eigenvalue weighted by Crippen LogP contribution is -2.19. The van der Waals surface area contributed by atoms with Gasteiger partial charge in [-0.15, -0.1) is 0 Å². The Hall–Kier alpha value is -0.460. The van der Waals surface area contributed by atoms with Gasteiger partial charge in [-0.2, -0.15) is 0 Å². The number of hydrogen-bond donors (Lipinski definition) is 0. The molecule has 1 heterocycles. The summed E-state index contributed by atoms with van der Waals surface area (Å²) >= 11 is 0. The van der Waals surface area contributed by atoms with E-state index < -0.39 is 0 Å². The maximum absolute atomic E-state index is 6.19. The maximum Gasteiger partial charge on any atom is 0.0985 e. The predicted octanol–water partition coefficient (Wildman–Crippen LogP) is 5.85. The monoisotopic (exact) mass is 264 g/mol. The summed E-state index contributed by atoms with van der Waals surface area (Å²) < 4.78 is 6.19. The SMILES string of the molecule is CCCC1CCCCCC(CCC)C2=C1CCCO2. The second-order valence-electron chi connectivity index (χ2n) is 6.45. The Morgan fingerprint density at radius 3 is 2.32 bits per heavy atom. The van der Waals surface area contributed by atoms with E-state index in [1.165, 1.54) is 76.4 Å². The van der Waals surface area contributed by atoms with Crippen molar-refractivity contribution in [3.63, 3.8) is 0 Å². The molecule has 19 heavy (non-hydrogen) atoms. The minimum atomic E-state index is 0.734. The molecule has 1 aliphatic heterocycles. The molecular weight excluding hydrogens is 232 g/mol. The van der Waals surface area contributed by atoms with Gasteiger partial charge in [0.1, 0.15) is 0 Å². The largest absolute Gasteiger partial charge is 0.498 e. The summed E-state index contributed by atoms with van der Waals surface area (Å²) in [7, 11) is 0. The second-order valence-corrected chi connectivity index (χ2v) is 6.45. The molecule has 0 aromatic heterocycles. The predicted molar refractivity (Wildman–Crippen MR) is 82.1 cm³/mol. The topological polar surface area (TPSA) is 9.23 Å². The van der Waals surface area contributed by atoms with Crippen LogP contribution in [-0.4, -0.2) is 6.61 Å². The van der Waals surface area contributed by atoms with E-state index >= 15 is 0 Å². The van der Waals surface area contributed by atoms with Crippen molar-refractivity contribution in [1.29, 1.82) is 0 Å². The van der Waals surface area contributed by atoms with Crippen LogP contribution in [0.2, 0.25) is 0 Å². The highest BCUT2D eigenvalue weighted by atomic mass is 16.5. The van der Waals surface area contributed by atoms with E-state index in [9.17, 15) is 0 Å². The number of rotatable bonds is 4. The molecule has 0 N–H and O–H groups in total. The smallest absolute Gasteiger partial charge is 0.0985 e. The molecule has 1 nitrogen and oxygen atoms in total. The second kappa shape index (κ2) is 7.97. The quantitative estimate of drug-likeness (QED) is 0.619. The van der Waals surface area contributed by atoms with Crippen LogP contribution in [0.5, 0.6) is 0 Å². The summed E-state index contributed by atoms with van der Waals surface area (Å²) in [6, 6.07) is 0. The van der Waals surface area contributed by atoms with Crippen LogP contribution in [-0.2, 0) is 4.74 Å². The summed E-state index contributed by atoms with van der Waals surface area (Å²) in [5, 5.41) is 0. The summed E-state index contributed by atoms with van der Waals surface area (Å²) in [5.74, 6) is 3.02. The highest BCUT2D eigenvalue weighted by Crippen LogP contribution is 2.39. The Balaban J connectivity index is 2.24. The zero-order valence-electron chi connectivity index (χ0n) is 13.0. The van der Waals surface area contributed by atoms with E-state index in [4.69, 9.17) is 4.74 Å². The normalized spacial score (nSPS) is 28.9. The van der Waals surface area contributed by atoms with E-state index in [0.717, 1.165) is 18.4 Å². The lowest BCUT2D eigenvalue weighted by Gasteiger charge is -2.31. The highest BCUT2D eigenvalue weighted by molar-refractivity contribution is 5.17. The molecule has 0 saturated heterocycles. The first-order chi connectivity index (χ1) is 9.36. The molecule has 110 valence electrons. The van der Waals surface area contributed by atoms with Gasteiger partial charge in [-0.3, -0.25) is 0 Å². The van der Waals surface area contributed by atoms with Gasteiger partial charge in [0.2, 0.25) is 0 Å². The molecule has 1 heteroatoms. The third kappa shape index (κ3) is 4.00. The Bertz CT molecular complexity index is 264. The first-order valence-corrected chi connectivity index (χ1v) is 8.72. The van der Waals surface area contributed by atoms with E-state index in [2.05, 4.69) is 13.8 Å². The van der Waals surface area contributed by atoms with E-state index in [1.54, 1.807) is 5.57 Å². The van der Waals surface area contributed by atoms with Crippen molar-refractivity contribution in [3.8, 4) is 0 Å². The third-order valence-electron chi connectivity index (χ3n) is 4.91. The lowest BCUT2D eigenvalue weighted by atomic mass is 9.82. The minimum Gasteiger partial charge on any atom is -0.498 e. The standard InChI is InChI=1S/C18H32O/c1-3-9-15-11-6-5-7-12-16(10-4-2)18-17(15)13-8-14-19-18/h15-16H,3-14H2,1-2H3. The average molecular weight is 264 g/mol. The molecule has 2 atom stereocenters. The van der Waals surface area contributed by atoms with E-state index in [1.807, 2.05) is 0 Å². The third-order valence-corrected chi connectivity index (χ3v) is 4.91.